The number of primary amides is 1. The molecule has 0 spiro atoms. The van der Waals surface area contributed by atoms with Gasteiger partial charge in [-0.1, -0.05) is 61.3 Å². The minimum absolute atomic E-state index is 0.0476. The molecule has 0 bridgehead atoms. The van der Waals surface area contributed by atoms with Gasteiger partial charge in [0.25, 0.3) is 0 Å². The summed E-state index contributed by atoms with van der Waals surface area (Å²) >= 11 is 15.6. The summed E-state index contributed by atoms with van der Waals surface area (Å²) in [6, 6.07) is -1.32. The number of nitrogens with two attached hydrogens (primary N) is 1. The van der Waals surface area contributed by atoms with Crippen LogP contribution >= 0.6 is 45.8 Å². The molecule has 4 aliphatic rings. The second-order valence-electron chi connectivity index (χ2n) is 12.5. The standard InChI is InChI=1S/C27H41Cl2IN4O4/c1-14(23(31)35)18(12-15-10-11-15)32-24(36)21-19-17(27(19,28)29)13-34(21)22(30)20(16-8-6-5-7-9-16)33-25(37)38-26(2,3)4/h15-22H,1,5-13H2,2-4H3,(H2,31,35)(H,32,36)(H,33,37). The summed E-state index contributed by atoms with van der Waals surface area (Å²) in [6.07, 6.45) is 7.75. The lowest BCUT2D eigenvalue weighted by Gasteiger charge is -2.41. The molecule has 4 N–H and O–H groups in total. The molecule has 0 radical (unpaired) electrons. The Kier molecular flexibility index (Phi) is 9.22. The number of carbonyl (C=O) groups excluding carboxylic acids is 3. The number of amides is 3. The van der Waals surface area contributed by atoms with E-state index in [1.54, 1.807) is 0 Å². The fourth-order valence-corrected chi connectivity index (χ4v) is 8.32. The average Bonchev–Trinajstić information content (AvgIpc) is 3.68. The fourth-order valence-electron chi connectivity index (χ4n) is 6.16. The fraction of sp³-hybridized carbons (Fsp3) is 0.815. The van der Waals surface area contributed by atoms with Crippen LogP contribution in [0.25, 0.3) is 0 Å². The SMILES string of the molecule is C=C(C(N)=O)C(CC1CC1)NC(=O)C1C2C(CN1C(I)C(NC(=O)OC(C)(C)C)C1CCCCC1)C2(Cl)Cl. The number of nitrogens with one attached hydrogen (secondary N) is 2. The molecule has 38 heavy (non-hydrogen) atoms. The first-order chi connectivity index (χ1) is 17.7. The van der Waals surface area contributed by atoms with E-state index in [1.807, 2.05) is 20.8 Å². The molecule has 0 aromatic heterocycles. The van der Waals surface area contributed by atoms with Crippen LogP contribution in [0.2, 0.25) is 0 Å². The number of hydrogen-bond donors (Lipinski definition) is 3. The number of carbonyl (C=O) groups is 3. The van der Waals surface area contributed by atoms with Gasteiger partial charge in [-0.05, 0) is 51.9 Å². The van der Waals surface area contributed by atoms with Gasteiger partial charge in [-0.15, -0.1) is 23.2 Å². The van der Waals surface area contributed by atoms with Gasteiger partial charge >= 0.3 is 6.09 Å². The normalized spacial score (nSPS) is 29.5. The molecule has 1 heterocycles. The smallest absolute Gasteiger partial charge is 0.407 e. The summed E-state index contributed by atoms with van der Waals surface area (Å²) in [6.45, 7) is 9.94. The van der Waals surface area contributed by atoms with Crippen molar-refractivity contribution in [1.29, 1.82) is 0 Å². The molecule has 1 saturated heterocycles. The molecule has 8 nitrogen and oxygen atoms in total. The van der Waals surface area contributed by atoms with Crippen LogP contribution in [0.5, 0.6) is 0 Å². The summed E-state index contributed by atoms with van der Waals surface area (Å²) < 4.78 is 4.45. The number of ether oxygens (including phenoxy) is 1. The van der Waals surface area contributed by atoms with Gasteiger partial charge < -0.3 is 21.1 Å². The lowest BCUT2D eigenvalue weighted by Crippen LogP contribution is -2.59. The van der Waals surface area contributed by atoms with Crippen molar-refractivity contribution in [3.8, 4) is 0 Å². The van der Waals surface area contributed by atoms with Gasteiger partial charge in [-0.25, -0.2) is 4.79 Å². The molecule has 4 fully saturated rings. The van der Waals surface area contributed by atoms with Gasteiger partial charge in [0, 0.05) is 24.0 Å². The first-order valence-corrected chi connectivity index (χ1v) is 15.8. The van der Waals surface area contributed by atoms with Crippen molar-refractivity contribution >= 4 is 63.7 Å². The highest BCUT2D eigenvalue weighted by Gasteiger charge is 2.73. The number of fused-ring (bicyclic) bond motifs is 1. The summed E-state index contributed by atoms with van der Waals surface area (Å²) in [4.78, 5) is 40.8. The van der Waals surface area contributed by atoms with Crippen LogP contribution in [-0.4, -0.2) is 61.5 Å². The Labute approximate surface area is 249 Å². The van der Waals surface area contributed by atoms with E-state index < -0.39 is 34.0 Å². The average molecular weight is 683 g/mol. The van der Waals surface area contributed by atoms with Gasteiger partial charge in [0.05, 0.1) is 22.2 Å². The summed E-state index contributed by atoms with van der Waals surface area (Å²) in [5.41, 5.74) is 5.13. The second kappa shape index (κ2) is 11.6. The van der Waals surface area contributed by atoms with E-state index in [9.17, 15) is 14.4 Å². The highest BCUT2D eigenvalue weighted by atomic mass is 127. The molecule has 6 atom stereocenters. The Morgan fingerprint density at radius 3 is 2.32 bits per heavy atom. The van der Waals surface area contributed by atoms with E-state index in [4.69, 9.17) is 33.7 Å². The quantitative estimate of drug-likeness (QED) is 0.134. The van der Waals surface area contributed by atoms with Crippen LogP contribution in [-0.2, 0) is 14.3 Å². The molecule has 1 aliphatic heterocycles. The van der Waals surface area contributed by atoms with Crippen molar-refractivity contribution in [2.45, 2.75) is 104 Å². The third-order valence-corrected chi connectivity index (χ3v) is 11.0. The van der Waals surface area contributed by atoms with Crippen molar-refractivity contribution < 1.29 is 19.1 Å². The van der Waals surface area contributed by atoms with Crippen LogP contribution in [0, 0.1) is 23.7 Å². The van der Waals surface area contributed by atoms with Crippen LogP contribution < -0.4 is 16.4 Å². The van der Waals surface area contributed by atoms with Crippen molar-refractivity contribution in [3.63, 3.8) is 0 Å². The molecule has 6 unspecified atom stereocenters. The number of likely N-dealkylation sites (tertiary alicyclic amines) is 1. The molecule has 3 amide bonds. The van der Waals surface area contributed by atoms with Crippen LogP contribution in [0.15, 0.2) is 12.2 Å². The third kappa shape index (κ3) is 6.92. The van der Waals surface area contributed by atoms with Gasteiger partial charge in [-0.3, -0.25) is 14.5 Å². The number of alkyl carbamates (subject to hydrolysis) is 1. The highest BCUT2D eigenvalue weighted by Crippen LogP contribution is 2.66. The number of hydrogen-bond acceptors (Lipinski definition) is 5. The zero-order valence-electron chi connectivity index (χ0n) is 22.5. The monoisotopic (exact) mass is 682 g/mol. The van der Waals surface area contributed by atoms with Crippen molar-refractivity contribution in [1.82, 2.24) is 15.5 Å². The van der Waals surface area contributed by atoms with E-state index in [0.717, 1.165) is 38.5 Å². The zero-order valence-corrected chi connectivity index (χ0v) is 26.2. The molecule has 3 aliphatic carbocycles. The lowest BCUT2D eigenvalue weighted by molar-refractivity contribution is -0.127. The van der Waals surface area contributed by atoms with Crippen molar-refractivity contribution in [2.75, 3.05) is 6.54 Å². The molecule has 4 rings (SSSR count). The Morgan fingerprint density at radius 1 is 1.13 bits per heavy atom. The highest BCUT2D eigenvalue weighted by molar-refractivity contribution is 14.1. The van der Waals surface area contributed by atoms with Gasteiger partial charge in [0.15, 0.2) is 0 Å². The molecule has 3 saturated carbocycles. The molecule has 214 valence electrons. The molecule has 0 aromatic carbocycles. The summed E-state index contributed by atoms with van der Waals surface area (Å²) in [5, 5.41) is 6.22. The second-order valence-corrected chi connectivity index (χ2v) is 15.2. The molecular formula is C27H41Cl2IN4O4. The van der Waals surface area contributed by atoms with Crippen molar-refractivity contribution in [2.24, 2.45) is 29.4 Å². The third-order valence-electron chi connectivity index (χ3n) is 8.41. The van der Waals surface area contributed by atoms with Crippen LogP contribution in [0.4, 0.5) is 4.79 Å². The number of piperidine rings is 1. The molecule has 11 heteroatoms. The van der Waals surface area contributed by atoms with E-state index >= 15 is 0 Å². The van der Waals surface area contributed by atoms with E-state index in [0.29, 0.717) is 18.9 Å². The first kappa shape index (κ1) is 30.2. The number of rotatable bonds is 10. The predicted molar refractivity (Wildman–Crippen MR) is 157 cm³/mol. The maximum atomic E-state index is 13.9. The van der Waals surface area contributed by atoms with Crippen LogP contribution in [0.1, 0.15) is 72.1 Å². The summed E-state index contributed by atoms with van der Waals surface area (Å²) in [5.74, 6) is -0.397. The van der Waals surface area contributed by atoms with Gasteiger partial charge in [0.2, 0.25) is 11.8 Å². The zero-order chi connectivity index (χ0) is 28.0. The number of alkyl halides is 3. The minimum Gasteiger partial charge on any atom is -0.444 e. The largest absolute Gasteiger partial charge is 0.444 e. The van der Waals surface area contributed by atoms with E-state index in [2.05, 4.69) is 44.7 Å². The molecular weight excluding hydrogens is 642 g/mol. The van der Waals surface area contributed by atoms with Gasteiger partial charge in [-0.2, -0.15) is 0 Å². The first-order valence-electron chi connectivity index (χ1n) is 13.8. The number of halogens is 3. The van der Waals surface area contributed by atoms with E-state index in [1.165, 1.54) is 6.42 Å². The molecule has 0 aromatic rings. The maximum absolute atomic E-state index is 13.9. The van der Waals surface area contributed by atoms with Crippen molar-refractivity contribution in [3.05, 3.63) is 12.2 Å². The Hall–Kier alpha value is -0.780. The minimum atomic E-state index is -0.972. The topological polar surface area (TPSA) is 114 Å². The maximum Gasteiger partial charge on any atom is 0.407 e. The van der Waals surface area contributed by atoms with E-state index in [-0.39, 0.29) is 39.3 Å². The van der Waals surface area contributed by atoms with Gasteiger partial charge in [0.1, 0.15) is 9.93 Å². The summed E-state index contributed by atoms with van der Waals surface area (Å²) in [7, 11) is 0. The Bertz CT molecular complexity index is 948. The predicted octanol–water partition coefficient (Wildman–Crippen LogP) is 4.65. The number of nitrogens with zero attached hydrogens (tertiary/aromatic N) is 1. The van der Waals surface area contributed by atoms with Crippen LogP contribution in [0.3, 0.4) is 0 Å². The Morgan fingerprint density at radius 2 is 1.76 bits per heavy atom. The lowest BCUT2D eigenvalue weighted by atomic mass is 9.83. The Balaban J connectivity index is 1.55.